The van der Waals surface area contributed by atoms with Crippen molar-refractivity contribution >= 4 is 18.1 Å². The molecule has 10 heteroatoms. The van der Waals surface area contributed by atoms with Gasteiger partial charge >= 0.3 is 6.03 Å². The van der Waals surface area contributed by atoms with Crippen LogP contribution < -0.4 is 15.4 Å². The molecule has 3 fully saturated rings. The lowest BCUT2D eigenvalue weighted by Gasteiger charge is -2.47. The lowest BCUT2D eigenvalue weighted by Crippen LogP contribution is -2.53. The molecule has 2 bridgehead atoms. The number of carbonyl (C=O) groups excluding carboxylic acids is 2. The van der Waals surface area contributed by atoms with Crippen molar-refractivity contribution in [2.75, 3.05) is 32.9 Å². The first kappa shape index (κ1) is 29.4. The molecule has 3 N–H and O–H groups in total. The summed E-state index contributed by atoms with van der Waals surface area (Å²) in [5, 5.41) is 21.2. The SMILES string of the molecule is CCC1CC2C[C@H](O)CC(C1)[C@@H]2NC(=O)c1cnn(/C=C/C(C)(C)NC(=O)N2CCOCC2)c1OCC(C)C. The zero-order valence-corrected chi connectivity index (χ0v) is 24.2. The number of nitrogens with zero attached hydrogens (tertiary/aromatic N) is 3. The largest absolute Gasteiger partial charge is 0.477 e. The number of aliphatic hydroxyl groups is 1. The number of urea groups is 1. The Morgan fingerprint density at radius 2 is 1.87 bits per heavy atom. The van der Waals surface area contributed by atoms with Crippen LogP contribution >= 0.6 is 0 Å². The summed E-state index contributed by atoms with van der Waals surface area (Å²) < 4.78 is 13.0. The third-order valence-electron chi connectivity index (χ3n) is 8.22. The minimum Gasteiger partial charge on any atom is -0.477 e. The molecule has 1 aromatic rings. The van der Waals surface area contributed by atoms with E-state index in [1.54, 1.807) is 22.0 Å². The summed E-state index contributed by atoms with van der Waals surface area (Å²) in [4.78, 5) is 28.0. The van der Waals surface area contributed by atoms with E-state index in [1.807, 2.05) is 19.9 Å². The highest BCUT2D eigenvalue weighted by molar-refractivity contribution is 5.96. The molecule has 0 radical (unpaired) electrons. The zero-order chi connectivity index (χ0) is 28.2. The summed E-state index contributed by atoms with van der Waals surface area (Å²) in [6.45, 7) is 12.8. The predicted octanol–water partition coefficient (Wildman–Crippen LogP) is 3.51. The number of rotatable bonds is 9. The first-order valence-corrected chi connectivity index (χ1v) is 14.6. The quantitative estimate of drug-likeness (QED) is 0.437. The molecule has 1 saturated heterocycles. The van der Waals surface area contributed by atoms with Gasteiger partial charge in [0, 0.05) is 25.3 Å². The third kappa shape index (κ3) is 7.54. The van der Waals surface area contributed by atoms with Gasteiger partial charge in [0.1, 0.15) is 5.56 Å². The molecule has 2 unspecified atom stereocenters. The molecule has 1 aromatic heterocycles. The van der Waals surface area contributed by atoms with Crippen molar-refractivity contribution < 1.29 is 24.2 Å². The highest BCUT2D eigenvalue weighted by Gasteiger charge is 2.43. The normalized spacial score (nSPS) is 27.6. The van der Waals surface area contributed by atoms with E-state index in [0.29, 0.717) is 50.3 Å². The Labute approximate surface area is 232 Å². The third-order valence-corrected chi connectivity index (χ3v) is 8.22. The lowest BCUT2D eigenvalue weighted by atomic mass is 9.63. The number of fused-ring (bicyclic) bond motifs is 2. The maximum atomic E-state index is 13.6. The van der Waals surface area contributed by atoms with Gasteiger partial charge in [0.05, 0.1) is 37.7 Å². The molecule has 39 heavy (non-hydrogen) atoms. The highest BCUT2D eigenvalue weighted by Crippen LogP contribution is 2.44. The molecule has 4 rings (SSSR count). The molecule has 0 spiro atoms. The van der Waals surface area contributed by atoms with Crippen LogP contribution in [-0.2, 0) is 4.74 Å². The van der Waals surface area contributed by atoms with E-state index < -0.39 is 5.54 Å². The van der Waals surface area contributed by atoms with E-state index in [0.717, 1.165) is 32.1 Å². The van der Waals surface area contributed by atoms with Crippen LogP contribution in [0.25, 0.3) is 6.20 Å². The van der Waals surface area contributed by atoms with Gasteiger partial charge in [-0.05, 0) is 69.3 Å². The Hall–Kier alpha value is -2.59. The fraction of sp³-hybridized carbons (Fsp3) is 0.759. The molecule has 2 saturated carbocycles. The second-order valence-electron chi connectivity index (χ2n) is 12.5. The Morgan fingerprint density at radius 3 is 2.49 bits per heavy atom. The number of aromatic nitrogens is 2. The van der Waals surface area contributed by atoms with E-state index in [-0.39, 0.29) is 41.8 Å². The Balaban J connectivity index is 1.48. The average Bonchev–Trinajstić information content (AvgIpc) is 3.30. The van der Waals surface area contributed by atoms with Crippen molar-refractivity contribution in [3.8, 4) is 5.88 Å². The van der Waals surface area contributed by atoms with E-state index in [9.17, 15) is 14.7 Å². The number of morpholine rings is 1. The summed E-state index contributed by atoms with van der Waals surface area (Å²) >= 11 is 0. The van der Waals surface area contributed by atoms with Crippen molar-refractivity contribution in [2.45, 2.75) is 84.4 Å². The van der Waals surface area contributed by atoms with Crippen LogP contribution in [0.2, 0.25) is 0 Å². The van der Waals surface area contributed by atoms with Crippen molar-refractivity contribution in [3.63, 3.8) is 0 Å². The van der Waals surface area contributed by atoms with Crippen molar-refractivity contribution in [3.05, 3.63) is 17.8 Å². The summed E-state index contributed by atoms with van der Waals surface area (Å²) in [7, 11) is 0. The number of amides is 3. The first-order valence-electron chi connectivity index (χ1n) is 14.6. The molecule has 3 aliphatic rings. The molecular weight excluding hydrogens is 498 g/mol. The predicted molar refractivity (Wildman–Crippen MR) is 149 cm³/mol. The van der Waals surface area contributed by atoms with Crippen LogP contribution in [-0.4, -0.2) is 82.3 Å². The number of hydrogen-bond acceptors (Lipinski definition) is 6. The standard InChI is InChI=1S/C29H47N5O5/c1-6-20-13-21-15-23(35)16-22(14-20)25(21)31-26(36)24-17-30-34(27(24)39-18-19(2)3)8-7-29(4,5)32-28(37)33-9-11-38-12-10-33/h7-8,17,19-23,25,35H,6,9-16,18H2,1-5H3,(H,31,36)(H,32,37)/b8-7+/t20?,21?,22?,23-,25+. The molecule has 10 nitrogen and oxygen atoms in total. The van der Waals surface area contributed by atoms with Gasteiger partial charge in [-0.3, -0.25) is 4.79 Å². The van der Waals surface area contributed by atoms with Gasteiger partial charge in [0.2, 0.25) is 5.88 Å². The van der Waals surface area contributed by atoms with Crippen LogP contribution in [0, 0.1) is 23.7 Å². The molecule has 2 heterocycles. The minimum absolute atomic E-state index is 0.0508. The van der Waals surface area contributed by atoms with Gasteiger partial charge in [-0.1, -0.05) is 27.2 Å². The van der Waals surface area contributed by atoms with E-state index in [1.165, 1.54) is 0 Å². The Kier molecular flexibility index (Phi) is 9.59. The van der Waals surface area contributed by atoms with E-state index >= 15 is 0 Å². The van der Waals surface area contributed by atoms with Gasteiger partial charge < -0.3 is 30.1 Å². The number of carbonyl (C=O) groups is 2. The number of aliphatic hydroxyl groups excluding tert-OH is 1. The topological polar surface area (TPSA) is 118 Å². The fourth-order valence-electron chi connectivity index (χ4n) is 6.13. The van der Waals surface area contributed by atoms with Crippen LogP contribution in [0.3, 0.4) is 0 Å². The molecule has 218 valence electrons. The van der Waals surface area contributed by atoms with Crippen LogP contribution in [0.4, 0.5) is 4.79 Å². The Bertz CT molecular complexity index is 1000. The highest BCUT2D eigenvalue weighted by atomic mass is 16.5. The molecule has 0 aromatic carbocycles. The van der Waals surface area contributed by atoms with E-state index in [4.69, 9.17) is 9.47 Å². The maximum absolute atomic E-state index is 13.6. The monoisotopic (exact) mass is 545 g/mol. The summed E-state index contributed by atoms with van der Waals surface area (Å²) in [5.41, 5.74) is -0.262. The number of nitrogens with one attached hydrogen (secondary N) is 2. The van der Waals surface area contributed by atoms with E-state index in [2.05, 4.69) is 36.5 Å². The summed E-state index contributed by atoms with van der Waals surface area (Å²) in [5.74, 6) is 1.69. The van der Waals surface area contributed by atoms with Crippen molar-refractivity contribution in [1.29, 1.82) is 0 Å². The minimum atomic E-state index is -0.657. The lowest BCUT2D eigenvalue weighted by molar-refractivity contribution is -0.00113. The van der Waals surface area contributed by atoms with Crippen LogP contribution in [0.15, 0.2) is 12.3 Å². The van der Waals surface area contributed by atoms with Crippen LogP contribution in [0.5, 0.6) is 5.88 Å². The molecule has 3 amide bonds. The smallest absolute Gasteiger partial charge is 0.318 e. The zero-order valence-electron chi connectivity index (χ0n) is 24.2. The van der Waals surface area contributed by atoms with Gasteiger partial charge in [0.15, 0.2) is 0 Å². The first-order chi connectivity index (χ1) is 18.6. The van der Waals surface area contributed by atoms with Crippen molar-refractivity contribution in [1.82, 2.24) is 25.3 Å². The summed E-state index contributed by atoms with van der Waals surface area (Å²) in [6, 6.07) is -0.0897. The van der Waals surface area contributed by atoms with Gasteiger partial charge in [-0.15, -0.1) is 0 Å². The molecular formula is C29H47N5O5. The second kappa shape index (κ2) is 12.7. The van der Waals surface area contributed by atoms with Crippen molar-refractivity contribution in [2.24, 2.45) is 23.7 Å². The van der Waals surface area contributed by atoms with Gasteiger partial charge in [-0.2, -0.15) is 5.10 Å². The maximum Gasteiger partial charge on any atom is 0.318 e. The number of ether oxygens (including phenoxy) is 2. The molecule has 2 aliphatic carbocycles. The second-order valence-corrected chi connectivity index (χ2v) is 12.5. The average molecular weight is 546 g/mol. The number of hydrogen-bond donors (Lipinski definition) is 3. The summed E-state index contributed by atoms with van der Waals surface area (Å²) in [6.07, 6.45) is 9.55. The van der Waals surface area contributed by atoms with Gasteiger partial charge in [-0.25, -0.2) is 9.48 Å². The fourth-order valence-corrected chi connectivity index (χ4v) is 6.13. The molecule has 2 atom stereocenters. The molecule has 1 aliphatic heterocycles. The Morgan fingerprint density at radius 1 is 1.21 bits per heavy atom. The van der Waals surface area contributed by atoms with Crippen LogP contribution in [0.1, 0.15) is 77.1 Å². The van der Waals surface area contributed by atoms with Gasteiger partial charge in [0.25, 0.3) is 5.91 Å².